The van der Waals surface area contributed by atoms with Crippen molar-refractivity contribution in [2.75, 3.05) is 0 Å². The van der Waals surface area contributed by atoms with Gasteiger partial charge in [0.25, 0.3) is 0 Å². The summed E-state index contributed by atoms with van der Waals surface area (Å²) in [6.45, 7) is 0. The van der Waals surface area contributed by atoms with E-state index in [0.29, 0.717) is 17.5 Å². The van der Waals surface area contributed by atoms with Gasteiger partial charge in [-0.3, -0.25) is 0 Å². The van der Waals surface area contributed by atoms with E-state index in [1.54, 1.807) is 0 Å². The van der Waals surface area contributed by atoms with Crippen LogP contribution in [0.2, 0.25) is 0 Å². The van der Waals surface area contributed by atoms with E-state index in [2.05, 4.69) is 170 Å². The summed E-state index contributed by atoms with van der Waals surface area (Å²) in [5.41, 5.74) is 14.6. The molecule has 67 heavy (non-hydrogen) atoms. The maximum absolute atomic E-state index is 6.84. The zero-order chi connectivity index (χ0) is 44.0. The SMILES string of the molecule is c1ccc(-c2cccc(-c3nc(-c4ccc5oc6ccccc6c5c4)nc(-c4cc(C5CCc6cc7ccccc7cc6-c6cc7ccccc7cc65)cc5oc6ccccc6c45)n3)c2)cc1. The lowest BCUT2D eigenvalue weighted by Gasteiger charge is -2.21. The number of hydrogen-bond acceptors (Lipinski definition) is 5. The van der Waals surface area contributed by atoms with Crippen molar-refractivity contribution >= 4 is 65.4 Å². The fourth-order valence-electron chi connectivity index (χ4n) is 10.7. The van der Waals surface area contributed by atoms with Gasteiger partial charge in [0.15, 0.2) is 17.5 Å². The van der Waals surface area contributed by atoms with Gasteiger partial charge in [0, 0.05) is 44.2 Å². The summed E-state index contributed by atoms with van der Waals surface area (Å²) in [4.78, 5) is 16.2. The van der Waals surface area contributed by atoms with Crippen molar-refractivity contribution in [2.24, 2.45) is 0 Å². The fourth-order valence-corrected chi connectivity index (χ4v) is 10.7. The van der Waals surface area contributed by atoms with Crippen LogP contribution < -0.4 is 0 Å². The Bertz CT molecular complexity index is 4130. The fraction of sp³-hybridized carbons (Fsp3) is 0.0484. The maximum Gasteiger partial charge on any atom is 0.164 e. The van der Waals surface area contributed by atoms with Crippen molar-refractivity contribution in [3.63, 3.8) is 0 Å². The molecule has 0 amide bonds. The van der Waals surface area contributed by atoms with Crippen LogP contribution in [0.1, 0.15) is 29.0 Å². The van der Waals surface area contributed by atoms with E-state index in [4.69, 9.17) is 23.8 Å². The van der Waals surface area contributed by atoms with Gasteiger partial charge in [-0.2, -0.15) is 0 Å². The number of para-hydroxylation sites is 2. The first-order chi connectivity index (χ1) is 33.1. The summed E-state index contributed by atoms with van der Waals surface area (Å²) < 4.78 is 13.1. The van der Waals surface area contributed by atoms with Gasteiger partial charge < -0.3 is 8.83 Å². The summed E-state index contributed by atoms with van der Waals surface area (Å²) in [5, 5.41) is 9.05. The summed E-state index contributed by atoms with van der Waals surface area (Å²) in [6, 6.07) is 73.4. The second-order valence-electron chi connectivity index (χ2n) is 17.8. The molecule has 0 fully saturated rings. The molecule has 0 aliphatic heterocycles. The van der Waals surface area contributed by atoms with E-state index in [-0.39, 0.29) is 5.92 Å². The van der Waals surface area contributed by atoms with Crippen LogP contribution in [0.3, 0.4) is 0 Å². The third-order valence-corrected chi connectivity index (χ3v) is 13.9. The molecular weight excluding hydrogens is 819 g/mol. The van der Waals surface area contributed by atoms with Crippen molar-refractivity contribution in [2.45, 2.75) is 18.8 Å². The Hall–Kier alpha value is -8.67. The Morgan fingerprint density at radius 3 is 1.73 bits per heavy atom. The van der Waals surface area contributed by atoms with Crippen molar-refractivity contribution in [3.8, 4) is 56.4 Å². The molecule has 0 radical (unpaired) electrons. The molecule has 13 aromatic rings. The molecule has 1 unspecified atom stereocenters. The summed E-state index contributed by atoms with van der Waals surface area (Å²) >= 11 is 0. The molecule has 0 spiro atoms. The van der Waals surface area contributed by atoms with E-state index in [1.807, 2.05) is 36.4 Å². The molecular formula is C62H39N3O2. The van der Waals surface area contributed by atoms with Crippen molar-refractivity contribution in [1.82, 2.24) is 15.0 Å². The Labute approximate surface area is 385 Å². The second kappa shape index (κ2) is 14.9. The van der Waals surface area contributed by atoms with Gasteiger partial charge in [-0.05, 0) is 140 Å². The minimum absolute atomic E-state index is 0.0478. The molecule has 14 rings (SSSR count). The van der Waals surface area contributed by atoms with Gasteiger partial charge >= 0.3 is 0 Å². The largest absolute Gasteiger partial charge is 0.456 e. The van der Waals surface area contributed by atoms with Crippen LogP contribution in [0, 0.1) is 0 Å². The van der Waals surface area contributed by atoms with Crippen molar-refractivity contribution in [3.05, 3.63) is 223 Å². The third kappa shape index (κ3) is 6.27. The van der Waals surface area contributed by atoms with Crippen LogP contribution in [0.25, 0.3) is 122 Å². The van der Waals surface area contributed by atoms with Crippen LogP contribution >= 0.6 is 0 Å². The standard InChI is InChI=1S/C62H39N3O2/c1-2-13-37(14-3-1)38-19-12-20-44(30-38)60-63-61(45-26-28-57-53(34-45)48-21-8-10-23-55(48)66-57)65-62(64-60)54-35-46(36-58-59(54)49-22-9-11-24-56(49)67-58)47-27-25-43-29-39-15-4-5-16-40(39)31-50(43)52-33-42-18-7-6-17-41(42)32-51(47)52/h1-24,26,28-36,47H,25,27H2. The molecule has 1 aliphatic carbocycles. The number of aromatic nitrogens is 3. The predicted octanol–water partition coefficient (Wildman–Crippen LogP) is 16.4. The van der Waals surface area contributed by atoms with E-state index < -0.39 is 0 Å². The van der Waals surface area contributed by atoms with E-state index in [1.165, 1.54) is 43.8 Å². The van der Waals surface area contributed by atoms with Crippen molar-refractivity contribution in [1.29, 1.82) is 0 Å². The average molecular weight is 858 g/mol. The van der Waals surface area contributed by atoms with Gasteiger partial charge in [-0.15, -0.1) is 0 Å². The number of fused-ring (bicyclic) bond motifs is 11. The van der Waals surface area contributed by atoms with Crippen molar-refractivity contribution < 1.29 is 8.83 Å². The van der Waals surface area contributed by atoms with E-state index in [9.17, 15) is 0 Å². The Balaban J connectivity index is 1.02. The number of nitrogens with zero attached hydrogens (tertiary/aromatic N) is 3. The van der Waals surface area contributed by atoms with Crippen LogP contribution in [0.15, 0.2) is 215 Å². The number of aryl methyl sites for hydroxylation is 1. The monoisotopic (exact) mass is 857 g/mol. The average Bonchev–Trinajstić information content (AvgIpc) is 3.92. The van der Waals surface area contributed by atoms with E-state index in [0.717, 1.165) is 90.1 Å². The highest BCUT2D eigenvalue weighted by molar-refractivity contribution is 6.12. The summed E-state index contributed by atoms with van der Waals surface area (Å²) in [5.74, 6) is 1.81. The van der Waals surface area contributed by atoms with Crippen LogP contribution in [-0.4, -0.2) is 15.0 Å². The van der Waals surface area contributed by atoms with Gasteiger partial charge in [0.2, 0.25) is 0 Å². The first kappa shape index (κ1) is 37.7. The highest BCUT2D eigenvalue weighted by Gasteiger charge is 2.28. The lowest BCUT2D eigenvalue weighted by Crippen LogP contribution is -2.05. The second-order valence-corrected chi connectivity index (χ2v) is 17.8. The predicted molar refractivity (Wildman–Crippen MR) is 273 cm³/mol. The van der Waals surface area contributed by atoms with Crippen LogP contribution in [0.5, 0.6) is 0 Å². The first-order valence-electron chi connectivity index (χ1n) is 23.0. The van der Waals surface area contributed by atoms with Gasteiger partial charge in [-0.1, -0.05) is 140 Å². The molecule has 10 aromatic carbocycles. The topological polar surface area (TPSA) is 65.0 Å². The number of furan rings is 2. The third-order valence-electron chi connectivity index (χ3n) is 13.9. The van der Waals surface area contributed by atoms with Gasteiger partial charge in [0.05, 0.1) is 0 Å². The highest BCUT2D eigenvalue weighted by Crippen LogP contribution is 2.47. The number of hydrogen-bond donors (Lipinski definition) is 0. The Kier molecular flexibility index (Phi) is 8.40. The summed E-state index contributed by atoms with van der Waals surface area (Å²) in [7, 11) is 0. The smallest absolute Gasteiger partial charge is 0.164 e. The lowest BCUT2D eigenvalue weighted by molar-refractivity contribution is 0.665. The molecule has 3 aromatic heterocycles. The summed E-state index contributed by atoms with van der Waals surface area (Å²) in [6.07, 6.45) is 1.84. The highest BCUT2D eigenvalue weighted by atomic mass is 16.3. The van der Waals surface area contributed by atoms with Gasteiger partial charge in [-0.25, -0.2) is 15.0 Å². The molecule has 0 bridgehead atoms. The molecule has 5 heteroatoms. The minimum atomic E-state index is 0.0478. The molecule has 314 valence electrons. The zero-order valence-corrected chi connectivity index (χ0v) is 36.3. The normalized spacial score (nSPS) is 13.7. The quantitative estimate of drug-likeness (QED) is 0.172. The Morgan fingerprint density at radius 1 is 0.358 bits per heavy atom. The first-order valence-corrected chi connectivity index (χ1v) is 23.0. The zero-order valence-electron chi connectivity index (χ0n) is 36.3. The van der Waals surface area contributed by atoms with Crippen LogP contribution in [-0.2, 0) is 6.42 Å². The molecule has 0 N–H and O–H groups in total. The molecule has 5 nitrogen and oxygen atoms in total. The number of rotatable bonds is 5. The lowest BCUT2D eigenvalue weighted by atomic mass is 9.83. The van der Waals surface area contributed by atoms with E-state index >= 15 is 0 Å². The molecule has 0 saturated heterocycles. The molecule has 0 saturated carbocycles. The maximum atomic E-state index is 6.84. The minimum Gasteiger partial charge on any atom is -0.456 e. The van der Waals surface area contributed by atoms with Gasteiger partial charge in [0.1, 0.15) is 22.3 Å². The number of benzene rings is 10. The molecule has 1 aliphatic rings. The molecule has 3 heterocycles. The Morgan fingerprint density at radius 2 is 0.940 bits per heavy atom. The molecule has 1 atom stereocenters. The van der Waals surface area contributed by atoms with Crippen LogP contribution in [0.4, 0.5) is 0 Å².